The quantitative estimate of drug-likeness (QED) is 0.285. The van der Waals surface area contributed by atoms with Crippen LogP contribution in [0.4, 0.5) is 5.69 Å². The van der Waals surface area contributed by atoms with Gasteiger partial charge < -0.3 is 20.7 Å². The van der Waals surface area contributed by atoms with Gasteiger partial charge in [0.25, 0.3) is 0 Å². The summed E-state index contributed by atoms with van der Waals surface area (Å²) in [7, 11) is 0. The van der Waals surface area contributed by atoms with Crippen LogP contribution >= 0.6 is 0 Å². The molecular formula is C21H18N2O3. The number of carboxylic acids is 1. The lowest BCUT2D eigenvalue weighted by Gasteiger charge is -2.18. The molecule has 0 bridgehead atoms. The molecule has 2 aliphatic rings. The first-order valence-electron chi connectivity index (χ1n) is 8.00. The van der Waals surface area contributed by atoms with Crippen LogP contribution in [0.2, 0.25) is 0 Å². The van der Waals surface area contributed by atoms with E-state index in [1.165, 1.54) is 12.2 Å². The van der Waals surface area contributed by atoms with Gasteiger partial charge in [-0.25, -0.2) is 4.79 Å². The molecule has 130 valence electrons. The van der Waals surface area contributed by atoms with Crippen molar-refractivity contribution in [3.05, 3.63) is 77.7 Å². The minimum Gasteiger partial charge on any atom is -0.478 e. The van der Waals surface area contributed by atoms with Gasteiger partial charge in [0.05, 0.1) is 10.9 Å². The third kappa shape index (κ3) is 2.91. The Bertz CT molecular complexity index is 1120. The standard InChI is InChI=1S/C21H18N2O3/c1-3-5-15(21(24)25)14(4-2)20-16-8-6-12(22)10-18(16)26-19-11-13(23)7-9-17(19)20/h3-11,22H,1,23H2,2H3,(H,24,25)/b14-4+,15-5+,22-12?. The lowest BCUT2D eigenvalue weighted by atomic mass is 9.89. The fraction of sp³-hybridized carbons (Fsp3) is 0.0476. The van der Waals surface area contributed by atoms with E-state index in [1.54, 1.807) is 43.3 Å². The van der Waals surface area contributed by atoms with Crippen LogP contribution in [0.25, 0.3) is 27.9 Å². The number of rotatable bonds is 4. The Morgan fingerprint density at radius 1 is 1.27 bits per heavy atom. The molecule has 26 heavy (non-hydrogen) atoms. The molecule has 1 aliphatic carbocycles. The molecule has 3 rings (SSSR count). The zero-order chi connectivity index (χ0) is 18.8. The van der Waals surface area contributed by atoms with Crippen LogP contribution in [-0.4, -0.2) is 11.1 Å². The Morgan fingerprint density at radius 2 is 2.04 bits per heavy atom. The van der Waals surface area contributed by atoms with Crippen molar-refractivity contribution in [3.63, 3.8) is 0 Å². The third-order valence-corrected chi connectivity index (χ3v) is 4.11. The fourth-order valence-electron chi connectivity index (χ4n) is 3.03. The second kappa shape index (κ2) is 6.72. The summed E-state index contributed by atoms with van der Waals surface area (Å²) in [6, 6.07) is 10.3. The maximum absolute atomic E-state index is 11.8. The molecule has 0 amide bonds. The van der Waals surface area contributed by atoms with Crippen LogP contribution in [0.1, 0.15) is 12.5 Å². The molecule has 0 atom stereocenters. The van der Waals surface area contributed by atoms with Gasteiger partial charge in [-0.3, -0.25) is 0 Å². The van der Waals surface area contributed by atoms with Crippen LogP contribution in [0.15, 0.2) is 71.2 Å². The number of aliphatic carboxylic acids is 1. The lowest BCUT2D eigenvalue weighted by Crippen LogP contribution is -2.07. The number of hydrogen-bond acceptors (Lipinski definition) is 4. The van der Waals surface area contributed by atoms with Gasteiger partial charge in [-0.15, -0.1) is 0 Å². The van der Waals surface area contributed by atoms with E-state index in [1.807, 2.05) is 6.07 Å². The summed E-state index contributed by atoms with van der Waals surface area (Å²) < 4.78 is 5.93. The second-order valence-corrected chi connectivity index (χ2v) is 5.77. The molecule has 0 saturated carbocycles. The van der Waals surface area contributed by atoms with Crippen molar-refractivity contribution in [2.24, 2.45) is 0 Å². The molecule has 0 saturated heterocycles. The maximum atomic E-state index is 11.8. The first-order chi connectivity index (χ1) is 12.5. The highest BCUT2D eigenvalue weighted by Crippen LogP contribution is 2.40. The predicted molar refractivity (Wildman–Crippen MR) is 103 cm³/mol. The van der Waals surface area contributed by atoms with E-state index in [9.17, 15) is 9.90 Å². The van der Waals surface area contributed by atoms with Gasteiger partial charge in [0.1, 0.15) is 11.3 Å². The number of benzene rings is 2. The number of carboxylic acid groups (broad SMARTS) is 1. The van der Waals surface area contributed by atoms with Crippen molar-refractivity contribution in [1.82, 2.24) is 0 Å². The lowest BCUT2D eigenvalue weighted by molar-refractivity contribution is -0.132. The van der Waals surface area contributed by atoms with Gasteiger partial charge in [-0.2, -0.15) is 0 Å². The average Bonchev–Trinajstić information content (AvgIpc) is 2.60. The van der Waals surface area contributed by atoms with Crippen LogP contribution < -0.4 is 11.1 Å². The predicted octanol–water partition coefficient (Wildman–Crippen LogP) is 4.20. The SMILES string of the molecule is C=C/C=C(C(=O)O)\C(=C/C)c1c2ccc(=N)cc-2oc2cc(N)ccc12. The van der Waals surface area contributed by atoms with Crippen molar-refractivity contribution >= 4 is 28.2 Å². The molecule has 0 spiro atoms. The van der Waals surface area contributed by atoms with E-state index < -0.39 is 5.97 Å². The molecular weight excluding hydrogens is 328 g/mol. The van der Waals surface area contributed by atoms with Gasteiger partial charge in [-0.05, 0) is 42.8 Å². The van der Waals surface area contributed by atoms with Gasteiger partial charge >= 0.3 is 5.97 Å². The van der Waals surface area contributed by atoms with Crippen LogP contribution in [0.5, 0.6) is 0 Å². The van der Waals surface area contributed by atoms with Crippen molar-refractivity contribution < 1.29 is 14.3 Å². The Hall–Kier alpha value is -3.60. The third-order valence-electron chi connectivity index (χ3n) is 4.11. The summed E-state index contributed by atoms with van der Waals surface area (Å²) in [4.78, 5) is 11.8. The van der Waals surface area contributed by atoms with Crippen molar-refractivity contribution in [2.45, 2.75) is 6.92 Å². The summed E-state index contributed by atoms with van der Waals surface area (Å²) in [5.74, 6) is -0.555. The number of fused-ring (bicyclic) bond motifs is 2. The summed E-state index contributed by atoms with van der Waals surface area (Å²) in [6.45, 7) is 5.40. The highest BCUT2D eigenvalue weighted by molar-refractivity contribution is 6.12. The van der Waals surface area contributed by atoms with E-state index in [0.29, 0.717) is 28.0 Å². The van der Waals surface area contributed by atoms with Crippen molar-refractivity contribution in [1.29, 1.82) is 5.41 Å². The molecule has 1 aliphatic heterocycles. The van der Waals surface area contributed by atoms with E-state index in [4.69, 9.17) is 15.6 Å². The molecule has 5 nitrogen and oxygen atoms in total. The normalized spacial score (nSPS) is 12.5. The fourth-order valence-corrected chi connectivity index (χ4v) is 3.03. The first-order valence-corrected chi connectivity index (χ1v) is 8.00. The molecule has 0 radical (unpaired) electrons. The Balaban J connectivity index is 2.49. The molecule has 0 fully saturated rings. The zero-order valence-electron chi connectivity index (χ0n) is 14.2. The van der Waals surface area contributed by atoms with Crippen molar-refractivity contribution in [3.8, 4) is 11.3 Å². The molecule has 1 heterocycles. The molecule has 5 heteroatoms. The minimum atomic E-state index is -1.05. The molecule has 0 unspecified atom stereocenters. The first kappa shape index (κ1) is 17.2. The average molecular weight is 346 g/mol. The Kier molecular flexibility index (Phi) is 4.45. The van der Waals surface area contributed by atoms with Gasteiger partial charge in [0, 0.05) is 34.3 Å². The second-order valence-electron chi connectivity index (χ2n) is 5.77. The number of nitrogens with two attached hydrogens (primary N) is 1. The minimum absolute atomic E-state index is 0.128. The Labute approximate surface area is 150 Å². The number of nitrogens with one attached hydrogen (secondary N) is 1. The Morgan fingerprint density at radius 3 is 2.69 bits per heavy atom. The highest BCUT2D eigenvalue weighted by Gasteiger charge is 2.22. The molecule has 1 aromatic carbocycles. The van der Waals surface area contributed by atoms with Crippen LogP contribution in [0.3, 0.4) is 0 Å². The van der Waals surface area contributed by atoms with E-state index in [0.717, 1.165) is 16.5 Å². The van der Waals surface area contributed by atoms with Crippen molar-refractivity contribution in [2.75, 3.05) is 5.73 Å². The van der Waals surface area contributed by atoms with E-state index in [2.05, 4.69) is 6.58 Å². The van der Waals surface area contributed by atoms with Gasteiger partial charge in [0.2, 0.25) is 0 Å². The monoisotopic (exact) mass is 346 g/mol. The maximum Gasteiger partial charge on any atom is 0.336 e. The van der Waals surface area contributed by atoms with Crippen LogP contribution in [0, 0.1) is 5.41 Å². The summed E-state index contributed by atoms with van der Waals surface area (Å²) in [5.41, 5.74) is 9.07. The topological polar surface area (TPSA) is 100 Å². The molecule has 4 N–H and O–H groups in total. The molecule has 0 aromatic heterocycles. The van der Waals surface area contributed by atoms with Gasteiger partial charge in [0.15, 0.2) is 0 Å². The number of nitrogen functional groups attached to an aromatic ring is 1. The molecule has 1 aromatic rings. The summed E-state index contributed by atoms with van der Waals surface area (Å²) in [5, 5.41) is 18.6. The van der Waals surface area contributed by atoms with E-state index in [-0.39, 0.29) is 5.57 Å². The van der Waals surface area contributed by atoms with E-state index >= 15 is 0 Å². The number of allylic oxidation sites excluding steroid dienone is 3. The summed E-state index contributed by atoms with van der Waals surface area (Å²) >= 11 is 0. The zero-order valence-corrected chi connectivity index (χ0v) is 14.2. The smallest absolute Gasteiger partial charge is 0.336 e. The highest BCUT2D eigenvalue weighted by atomic mass is 16.4. The number of hydrogen-bond donors (Lipinski definition) is 3. The van der Waals surface area contributed by atoms with Gasteiger partial charge in [-0.1, -0.05) is 18.7 Å². The number of carbonyl (C=O) groups is 1. The number of anilines is 1. The largest absolute Gasteiger partial charge is 0.478 e. The summed E-state index contributed by atoms with van der Waals surface area (Å²) in [6.07, 6.45) is 4.67. The van der Waals surface area contributed by atoms with Crippen LogP contribution in [-0.2, 0) is 4.79 Å².